The van der Waals surface area contributed by atoms with E-state index in [9.17, 15) is 19.8 Å². The van der Waals surface area contributed by atoms with Crippen molar-refractivity contribution >= 4 is 50.7 Å². The highest BCUT2D eigenvalue weighted by atomic mass is 32.1. The molecule has 0 radical (unpaired) electrons. The number of aromatic hydroxyl groups is 1. The Bertz CT molecular complexity index is 2710. The van der Waals surface area contributed by atoms with Gasteiger partial charge in [-0.2, -0.15) is 0 Å². The molecule has 2 fully saturated rings. The molecule has 5 aromatic heterocycles. The maximum absolute atomic E-state index is 14.3. The Morgan fingerprint density at radius 2 is 1.68 bits per heavy atom. The van der Waals surface area contributed by atoms with E-state index in [0.717, 1.165) is 57.8 Å². The highest BCUT2D eigenvalue weighted by Crippen LogP contribution is 2.39. The molecule has 2 amide bonds. The number of fused-ring (bicyclic) bond motifs is 1. The van der Waals surface area contributed by atoms with Crippen LogP contribution in [0.5, 0.6) is 5.75 Å². The monoisotopic (exact) mass is 869 g/mol. The van der Waals surface area contributed by atoms with E-state index in [1.54, 1.807) is 53.3 Å². The van der Waals surface area contributed by atoms with Gasteiger partial charge in [-0.15, -0.1) is 32.9 Å². The molecule has 0 spiro atoms. The highest BCUT2D eigenvalue weighted by Gasteiger charge is 2.43. The third-order valence-corrected chi connectivity index (χ3v) is 14.2. The summed E-state index contributed by atoms with van der Waals surface area (Å²) in [7, 11) is 0. The molecule has 9 rings (SSSR count). The number of hydrogen-bond acceptors (Lipinski definition) is 14. The number of phenolic OH excluding ortho intramolecular Hbond substituents is 1. The van der Waals surface area contributed by atoms with Crippen molar-refractivity contribution in [2.45, 2.75) is 77.0 Å². The van der Waals surface area contributed by atoms with Gasteiger partial charge in [-0.25, -0.2) is 15.0 Å². The van der Waals surface area contributed by atoms with Gasteiger partial charge in [-0.1, -0.05) is 55.4 Å². The van der Waals surface area contributed by atoms with Crippen molar-refractivity contribution in [2.24, 2.45) is 5.92 Å². The second-order valence-electron chi connectivity index (χ2n) is 16.5. The number of thiazole rings is 1. The number of nitrogens with zero attached hydrogens (tertiary/aromatic N) is 8. The first kappa shape index (κ1) is 41.3. The van der Waals surface area contributed by atoms with Gasteiger partial charge in [0.15, 0.2) is 0 Å². The number of aryl methyl sites for hydroxylation is 1. The van der Waals surface area contributed by atoms with Crippen LogP contribution in [0.15, 0.2) is 89.2 Å². The number of likely N-dealkylation sites (tertiary alicyclic amines) is 1. The number of thiophene rings is 1. The first-order chi connectivity index (χ1) is 30.0. The fraction of sp³-hybridized carbons (Fsp3) is 0.348. The molecule has 16 heteroatoms. The van der Waals surface area contributed by atoms with E-state index in [2.05, 4.69) is 36.6 Å². The minimum atomic E-state index is -0.836. The number of benzene rings is 2. The van der Waals surface area contributed by atoms with Crippen molar-refractivity contribution in [3.8, 4) is 38.7 Å². The number of anilines is 1. The first-order valence-electron chi connectivity index (χ1n) is 20.9. The van der Waals surface area contributed by atoms with E-state index in [1.807, 2.05) is 75.7 Å². The fourth-order valence-electron chi connectivity index (χ4n) is 8.56. The molecule has 14 nitrogen and oxygen atoms in total. The standard InChI is InChI=1S/C46H47N9O5S2/c1-25(2)41(45(59)55-23-33(56)19-37(55)43(58)50-26(3)28-9-11-30(12-10-28)42-27(4)49-24-61-42)39-20-35(53-60-39)32-21-47-46(48-22-32)54-15-13-29(14-16-54)40-18-31-17-36(51-52-44(31)62-40)34-7-5-6-8-38(34)57/h5-12,17-18,20-22,24-26,29,33,37,41,56-57H,13-16,19,23H2,1-4H3,(H,50,58)/t26-,33+,37-,41+/m0/s1. The molecule has 4 atom stereocenters. The van der Waals surface area contributed by atoms with Crippen molar-refractivity contribution in [1.82, 2.24) is 40.5 Å². The fourth-order valence-corrected chi connectivity index (χ4v) is 10.5. The molecule has 7 aromatic rings. The number of carbonyl (C=O) groups excluding carboxylic acids is 2. The Kier molecular flexibility index (Phi) is 11.5. The number of aromatic nitrogens is 6. The van der Waals surface area contributed by atoms with Crippen LogP contribution < -0.4 is 10.2 Å². The summed E-state index contributed by atoms with van der Waals surface area (Å²) in [5.74, 6) is 0.0322. The summed E-state index contributed by atoms with van der Waals surface area (Å²) in [4.78, 5) is 48.7. The van der Waals surface area contributed by atoms with Gasteiger partial charge in [0.2, 0.25) is 17.8 Å². The summed E-state index contributed by atoms with van der Waals surface area (Å²) in [6.45, 7) is 9.38. The summed E-state index contributed by atoms with van der Waals surface area (Å²) in [6.07, 6.45) is 4.63. The maximum atomic E-state index is 14.3. The molecule has 2 aromatic carbocycles. The highest BCUT2D eigenvalue weighted by molar-refractivity contribution is 7.18. The molecule has 0 aliphatic carbocycles. The zero-order valence-electron chi connectivity index (χ0n) is 34.8. The number of phenols is 1. The second-order valence-corrected chi connectivity index (χ2v) is 18.5. The van der Waals surface area contributed by atoms with Gasteiger partial charge in [0.1, 0.15) is 34.0 Å². The molecular formula is C46H47N9O5S2. The van der Waals surface area contributed by atoms with Gasteiger partial charge in [0.05, 0.1) is 33.9 Å². The summed E-state index contributed by atoms with van der Waals surface area (Å²) in [6, 6.07) is 20.0. The lowest BCUT2D eigenvalue weighted by atomic mass is 9.91. The van der Waals surface area contributed by atoms with Crippen LogP contribution in [-0.2, 0) is 9.59 Å². The van der Waals surface area contributed by atoms with Crippen molar-refractivity contribution < 1.29 is 24.3 Å². The van der Waals surface area contributed by atoms with Gasteiger partial charge in [0, 0.05) is 65.9 Å². The molecule has 2 aliphatic rings. The molecule has 0 unspecified atom stereocenters. The minimum Gasteiger partial charge on any atom is -0.507 e. The molecule has 62 heavy (non-hydrogen) atoms. The number of aliphatic hydroxyl groups excluding tert-OH is 1. The molecule has 2 aliphatic heterocycles. The lowest BCUT2D eigenvalue weighted by Gasteiger charge is -2.31. The number of nitrogens with one attached hydrogen (secondary N) is 1. The number of piperidine rings is 1. The van der Waals surface area contributed by atoms with Crippen LogP contribution in [0.1, 0.15) is 79.8 Å². The molecule has 3 N–H and O–H groups in total. The van der Waals surface area contributed by atoms with Crippen molar-refractivity contribution in [1.29, 1.82) is 0 Å². The van der Waals surface area contributed by atoms with Crippen LogP contribution in [0.2, 0.25) is 0 Å². The normalized spacial score (nSPS) is 18.1. The van der Waals surface area contributed by atoms with E-state index >= 15 is 0 Å². The van der Waals surface area contributed by atoms with Crippen molar-refractivity contribution in [3.63, 3.8) is 0 Å². The smallest absolute Gasteiger partial charge is 0.243 e. The van der Waals surface area contributed by atoms with Gasteiger partial charge < -0.3 is 29.9 Å². The molecule has 0 saturated carbocycles. The number of amides is 2. The maximum Gasteiger partial charge on any atom is 0.243 e. The van der Waals surface area contributed by atoms with Crippen LogP contribution in [0.3, 0.4) is 0 Å². The van der Waals surface area contributed by atoms with Crippen LogP contribution in [-0.4, -0.2) is 89.0 Å². The zero-order chi connectivity index (χ0) is 43.1. The third kappa shape index (κ3) is 8.29. The number of aliphatic hydroxyl groups is 1. The lowest BCUT2D eigenvalue weighted by Crippen LogP contribution is -2.48. The van der Waals surface area contributed by atoms with Crippen molar-refractivity contribution in [3.05, 3.63) is 107 Å². The Morgan fingerprint density at radius 1 is 0.919 bits per heavy atom. The predicted octanol–water partition coefficient (Wildman–Crippen LogP) is 7.90. The number of hydrogen-bond donors (Lipinski definition) is 3. The molecule has 0 bridgehead atoms. The minimum absolute atomic E-state index is 0.0471. The van der Waals surface area contributed by atoms with Gasteiger partial charge in [-0.05, 0) is 73.9 Å². The zero-order valence-corrected chi connectivity index (χ0v) is 36.4. The van der Waals surface area contributed by atoms with Gasteiger partial charge in [0.25, 0.3) is 0 Å². The molecular weight excluding hydrogens is 823 g/mol. The van der Waals surface area contributed by atoms with Crippen LogP contribution >= 0.6 is 22.7 Å². The van der Waals surface area contributed by atoms with E-state index in [0.29, 0.717) is 40.1 Å². The number of β-amino-alcohol motifs (C(OH)–C–C–N with tert-alkyl or cyclic N) is 1. The van der Waals surface area contributed by atoms with Gasteiger partial charge in [-0.3, -0.25) is 9.59 Å². The third-order valence-electron chi connectivity index (χ3n) is 12.0. The van der Waals surface area contributed by atoms with Crippen molar-refractivity contribution in [2.75, 3.05) is 24.5 Å². The average Bonchev–Trinajstić information content (AvgIpc) is 4.11. The molecule has 2 saturated heterocycles. The molecule has 7 heterocycles. The Labute approximate surface area is 366 Å². The number of rotatable bonds is 11. The quantitative estimate of drug-likeness (QED) is 0.114. The van der Waals surface area contributed by atoms with E-state index in [-0.39, 0.29) is 42.5 Å². The van der Waals surface area contributed by atoms with Gasteiger partial charge >= 0.3 is 0 Å². The van der Waals surface area contributed by atoms with Crippen LogP contribution in [0, 0.1) is 12.8 Å². The SMILES string of the molecule is Cc1ncsc1-c1ccc([C@H](C)NC(=O)[C@@H]2C[C@@H](O)CN2C(=O)[C@@H](c2cc(-c3cnc(N4CCC(c5cc6cc(-c7ccccc7O)nnc6s5)CC4)nc3)no2)C(C)C)cc1. The Balaban J connectivity index is 0.824. The lowest BCUT2D eigenvalue weighted by molar-refractivity contribution is -0.141. The first-order valence-corrected chi connectivity index (χ1v) is 22.6. The Hall–Kier alpha value is -6.10. The predicted molar refractivity (Wildman–Crippen MR) is 239 cm³/mol. The number of carbonyl (C=O) groups is 2. The average molecular weight is 870 g/mol. The summed E-state index contributed by atoms with van der Waals surface area (Å²) in [5, 5.41) is 38.3. The summed E-state index contributed by atoms with van der Waals surface area (Å²) >= 11 is 3.26. The largest absolute Gasteiger partial charge is 0.507 e. The molecule has 318 valence electrons. The summed E-state index contributed by atoms with van der Waals surface area (Å²) in [5.41, 5.74) is 7.27. The summed E-state index contributed by atoms with van der Waals surface area (Å²) < 4.78 is 5.82. The Morgan fingerprint density at radius 3 is 2.39 bits per heavy atom. The van der Waals surface area contributed by atoms with Crippen LogP contribution in [0.4, 0.5) is 5.95 Å². The number of para-hydroxylation sites is 1. The second kappa shape index (κ2) is 17.3. The van der Waals surface area contributed by atoms with E-state index in [4.69, 9.17) is 14.5 Å². The van der Waals surface area contributed by atoms with E-state index in [1.165, 1.54) is 9.78 Å². The topological polar surface area (TPSA) is 184 Å². The van der Waals surface area contributed by atoms with E-state index < -0.39 is 18.1 Å². The van der Waals surface area contributed by atoms with Crippen LogP contribution in [0.25, 0.3) is 43.2 Å².